The summed E-state index contributed by atoms with van der Waals surface area (Å²) in [6.07, 6.45) is 0. The van der Waals surface area contributed by atoms with Gasteiger partial charge in [0.1, 0.15) is 0 Å². The largest absolute Gasteiger partial charge is 0.293 e. The third kappa shape index (κ3) is 2.52. The van der Waals surface area contributed by atoms with Crippen LogP contribution < -0.4 is 0 Å². The molecule has 2 heteroatoms. The molecule has 0 amide bonds. The van der Waals surface area contributed by atoms with E-state index in [1.165, 1.54) is 16.7 Å². The van der Waals surface area contributed by atoms with Gasteiger partial charge >= 0.3 is 0 Å². The Kier molecular flexibility index (Phi) is 3.41. The highest BCUT2D eigenvalue weighted by Gasteiger charge is 2.21. The number of fused-ring (bicyclic) bond motifs is 1. The van der Waals surface area contributed by atoms with Crippen LogP contribution in [0.25, 0.3) is 0 Å². The molecule has 2 aromatic rings. The van der Waals surface area contributed by atoms with E-state index < -0.39 is 0 Å². The van der Waals surface area contributed by atoms with Gasteiger partial charge < -0.3 is 0 Å². The van der Waals surface area contributed by atoms with Crippen LogP contribution in [0.1, 0.15) is 32.6 Å². The second-order valence-electron chi connectivity index (χ2n) is 5.66. The standard InChI is InChI=1S/C18H19NO/c1-13-7-8-17(14(2)9-13)18(20)12-19-10-15-5-3-4-6-16(15)11-19/h3-9H,10-12H2,1-2H3. The van der Waals surface area contributed by atoms with Crippen LogP contribution in [0, 0.1) is 13.8 Å². The summed E-state index contributed by atoms with van der Waals surface area (Å²) in [5.74, 6) is 0.218. The number of Topliss-reactive ketones (excluding diaryl/α,β-unsaturated/α-hetero) is 1. The first kappa shape index (κ1) is 13.1. The van der Waals surface area contributed by atoms with Gasteiger partial charge in [0.25, 0.3) is 0 Å². The van der Waals surface area contributed by atoms with Crippen LogP contribution in [0.15, 0.2) is 42.5 Å². The summed E-state index contributed by atoms with van der Waals surface area (Å²) in [6, 6.07) is 14.5. The Morgan fingerprint density at radius 2 is 1.70 bits per heavy atom. The van der Waals surface area contributed by atoms with Gasteiger partial charge in [0.15, 0.2) is 5.78 Å². The second kappa shape index (κ2) is 5.22. The van der Waals surface area contributed by atoms with E-state index in [4.69, 9.17) is 0 Å². The maximum Gasteiger partial charge on any atom is 0.177 e. The molecule has 0 spiro atoms. The van der Waals surface area contributed by atoms with Crippen molar-refractivity contribution in [3.05, 3.63) is 70.3 Å². The molecule has 0 N–H and O–H groups in total. The minimum atomic E-state index is 0.218. The molecule has 1 aliphatic heterocycles. The van der Waals surface area contributed by atoms with Crippen LogP contribution in [-0.4, -0.2) is 17.2 Å². The summed E-state index contributed by atoms with van der Waals surface area (Å²) in [5.41, 5.74) is 5.83. The lowest BCUT2D eigenvalue weighted by molar-refractivity contribution is 0.0929. The highest BCUT2D eigenvalue weighted by molar-refractivity contribution is 5.99. The molecule has 2 nitrogen and oxygen atoms in total. The van der Waals surface area contributed by atoms with Gasteiger partial charge in [-0.3, -0.25) is 9.69 Å². The Balaban J connectivity index is 1.72. The molecule has 0 unspecified atom stereocenters. The van der Waals surface area contributed by atoms with E-state index in [1.807, 2.05) is 19.1 Å². The first-order valence-corrected chi connectivity index (χ1v) is 7.03. The zero-order valence-electron chi connectivity index (χ0n) is 12.0. The number of carbonyl (C=O) groups excluding carboxylic acids is 1. The molecule has 0 aromatic heterocycles. The molecule has 0 saturated carbocycles. The molecule has 2 aromatic carbocycles. The second-order valence-corrected chi connectivity index (χ2v) is 5.66. The Morgan fingerprint density at radius 1 is 1.05 bits per heavy atom. The Labute approximate surface area is 120 Å². The Hall–Kier alpha value is -1.93. The van der Waals surface area contributed by atoms with E-state index in [-0.39, 0.29) is 5.78 Å². The van der Waals surface area contributed by atoms with Crippen molar-refractivity contribution in [3.8, 4) is 0 Å². The fourth-order valence-corrected chi connectivity index (χ4v) is 2.93. The quantitative estimate of drug-likeness (QED) is 0.792. The van der Waals surface area contributed by atoms with Crippen LogP contribution in [0.4, 0.5) is 0 Å². The van der Waals surface area contributed by atoms with E-state index in [0.29, 0.717) is 6.54 Å². The van der Waals surface area contributed by atoms with Gasteiger partial charge in [0.2, 0.25) is 0 Å². The molecule has 0 fully saturated rings. The van der Waals surface area contributed by atoms with E-state index >= 15 is 0 Å². The van der Waals surface area contributed by atoms with Crippen molar-refractivity contribution >= 4 is 5.78 Å². The number of ketones is 1. The van der Waals surface area contributed by atoms with Gasteiger partial charge in [0, 0.05) is 18.7 Å². The van der Waals surface area contributed by atoms with E-state index in [0.717, 1.165) is 24.2 Å². The molecule has 0 saturated heterocycles. The van der Waals surface area contributed by atoms with Crippen molar-refractivity contribution in [1.82, 2.24) is 4.90 Å². The third-order valence-corrected chi connectivity index (χ3v) is 3.96. The smallest absolute Gasteiger partial charge is 0.177 e. The Bertz CT molecular complexity index is 635. The average molecular weight is 265 g/mol. The highest BCUT2D eigenvalue weighted by Crippen LogP contribution is 2.22. The molecule has 102 valence electrons. The minimum Gasteiger partial charge on any atom is -0.293 e. The summed E-state index contributed by atoms with van der Waals surface area (Å²) < 4.78 is 0. The maximum atomic E-state index is 12.4. The molecule has 3 rings (SSSR count). The number of rotatable bonds is 3. The van der Waals surface area contributed by atoms with E-state index in [2.05, 4.69) is 42.2 Å². The summed E-state index contributed by atoms with van der Waals surface area (Å²) >= 11 is 0. The topological polar surface area (TPSA) is 20.3 Å². The van der Waals surface area contributed by atoms with Crippen LogP contribution in [0.3, 0.4) is 0 Å². The molecule has 0 bridgehead atoms. The van der Waals surface area contributed by atoms with Gasteiger partial charge in [-0.05, 0) is 30.5 Å². The normalized spacial score (nSPS) is 14.3. The Morgan fingerprint density at radius 3 is 2.30 bits per heavy atom. The predicted molar refractivity (Wildman–Crippen MR) is 80.8 cm³/mol. The van der Waals surface area contributed by atoms with Crippen molar-refractivity contribution in [2.24, 2.45) is 0 Å². The number of hydrogen-bond acceptors (Lipinski definition) is 2. The molecule has 1 aliphatic rings. The zero-order valence-corrected chi connectivity index (χ0v) is 12.0. The van der Waals surface area contributed by atoms with Crippen molar-refractivity contribution in [2.75, 3.05) is 6.54 Å². The summed E-state index contributed by atoms with van der Waals surface area (Å²) in [5, 5.41) is 0. The first-order valence-electron chi connectivity index (χ1n) is 7.03. The summed E-state index contributed by atoms with van der Waals surface area (Å²) in [6.45, 7) is 6.33. The molecule has 1 heterocycles. The molecule has 20 heavy (non-hydrogen) atoms. The fraction of sp³-hybridized carbons (Fsp3) is 0.278. The van der Waals surface area contributed by atoms with Gasteiger partial charge in [-0.2, -0.15) is 0 Å². The van der Waals surface area contributed by atoms with Gasteiger partial charge in [-0.1, -0.05) is 48.0 Å². The van der Waals surface area contributed by atoms with Crippen LogP contribution in [-0.2, 0) is 13.1 Å². The summed E-state index contributed by atoms with van der Waals surface area (Å²) in [7, 11) is 0. The number of nitrogens with zero attached hydrogens (tertiary/aromatic N) is 1. The van der Waals surface area contributed by atoms with Crippen molar-refractivity contribution in [2.45, 2.75) is 26.9 Å². The molecule has 0 atom stereocenters. The van der Waals surface area contributed by atoms with Crippen LogP contribution >= 0.6 is 0 Å². The average Bonchev–Trinajstić information content (AvgIpc) is 2.80. The molecule has 0 aliphatic carbocycles. The lowest BCUT2D eigenvalue weighted by Crippen LogP contribution is -2.25. The molecule has 0 radical (unpaired) electrons. The number of benzene rings is 2. The van der Waals surface area contributed by atoms with Crippen molar-refractivity contribution in [3.63, 3.8) is 0 Å². The number of aryl methyl sites for hydroxylation is 2. The maximum absolute atomic E-state index is 12.4. The lowest BCUT2D eigenvalue weighted by atomic mass is 10.0. The van der Waals surface area contributed by atoms with Gasteiger partial charge in [-0.25, -0.2) is 0 Å². The van der Waals surface area contributed by atoms with Gasteiger partial charge in [0.05, 0.1) is 6.54 Å². The SMILES string of the molecule is Cc1ccc(C(=O)CN2Cc3ccccc3C2)c(C)c1. The first-order chi connectivity index (χ1) is 9.63. The predicted octanol–water partition coefficient (Wildman–Crippen LogP) is 3.50. The van der Waals surface area contributed by atoms with Crippen molar-refractivity contribution in [1.29, 1.82) is 0 Å². The minimum absolute atomic E-state index is 0.218. The zero-order chi connectivity index (χ0) is 14.1. The monoisotopic (exact) mass is 265 g/mol. The van der Waals surface area contributed by atoms with Crippen LogP contribution in [0.5, 0.6) is 0 Å². The number of hydrogen-bond donors (Lipinski definition) is 0. The highest BCUT2D eigenvalue weighted by atomic mass is 16.1. The molecular formula is C18H19NO. The number of carbonyl (C=O) groups is 1. The molecular weight excluding hydrogens is 246 g/mol. The van der Waals surface area contributed by atoms with E-state index in [9.17, 15) is 4.79 Å². The summed E-state index contributed by atoms with van der Waals surface area (Å²) in [4.78, 5) is 14.7. The third-order valence-electron chi connectivity index (χ3n) is 3.96. The van der Waals surface area contributed by atoms with E-state index in [1.54, 1.807) is 0 Å². The van der Waals surface area contributed by atoms with Gasteiger partial charge in [-0.15, -0.1) is 0 Å². The lowest BCUT2D eigenvalue weighted by Gasteiger charge is -2.14. The fourth-order valence-electron chi connectivity index (χ4n) is 2.93. The van der Waals surface area contributed by atoms with Crippen molar-refractivity contribution < 1.29 is 4.79 Å². The van der Waals surface area contributed by atoms with Crippen LogP contribution in [0.2, 0.25) is 0 Å².